The molecule has 1 nitrogen and oxygen atoms in total. The van der Waals surface area contributed by atoms with Gasteiger partial charge in [-0.05, 0) is 30.3 Å². The second-order valence-electron chi connectivity index (χ2n) is 3.47. The van der Waals surface area contributed by atoms with Gasteiger partial charge in [-0.2, -0.15) is 0 Å². The molecule has 2 aromatic carbocycles. The molecule has 0 aromatic heterocycles. The zero-order chi connectivity index (χ0) is 12.4. The molecule has 0 bridgehead atoms. The fraction of sp³-hybridized carbons (Fsp3) is 0. The number of halogens is 3. The number of benzene rings is 2. The average Bonchev–Trinajstić information content (AvgIpc) is 2.32. The van der Waals surface area contributed by atoms with Crippen molar-refractivity contribution in [1.29, 1.82) is 0 Å². The molecule has 0 spiro atoms. The molecule has 0 aliphatic heterocycles. The summed E-state index contributed by atoms with van der Waals surface area (Å²) in [7, 11) is 0. The topological polar surface area (TPSA) is 17.1 Å². The second kappa shape index (κ2) is 4.98. The molecule has 4 heteroatoms. The molecule has 0 saturated heterocycles. The van der Waals surface area contributed by atoms with Crippen LogP contribution in [0.2, 0.25) is 5.02 Å². The van der Waals surface area contributed by atoms with Gasteiger partial charge in [0.2, 0.25) is 0 Å². The van der Waals surface area contributed by atoms with E-state index in [-0.39, 0.29) is 16.4 Å². The molecule has 0 saturated carbocycles. The third-order valence-corrected chi connectivity index (χ3v) is 3.07. The molecule has 2 aromatic rings. The van der Waals surface area contributed by atoms with Gasteiger partial charge in [0.1, 0.15) is 5.82 Å². The van der Waals surface area contributed by atoms with E-state index < -0.39 is 5.82 Å². The van der Waals surface area contributed by atoms with Crippen LogP contribution in [0.25, 0.3) is 0 Å². The smallest absolute Gasteiger partial charge is 0.193 e. The molecule has 2 rings (SSSR count). The first-order chi connectivity index (χ1) is 8.08. The quantitative estimate of drug-likeness (QED) is 0.748. The minimum Gasteiger partial charge on any atom is -0.289 e. The van der Waals surface area contributed by atoms with Crippen molar-refractivity contribution in [3.63, 3.8) is 0 Å². The van der Waals surface area contributed by atoms with Gasteiger partial charge in [0.25, 0.3) is 0 Å². The van der Waals surface area contributed by atoms with Crippen molar-refractivity contribution in [2.45, 2.75) is 0 Å². The van der Waals surface area contributed by atoms with Crippen molar-refractivity contribution in [2.75, 3.05) is 0 Å². The van der Waals surface area contributed by atoms with Gasteiger partial charge in [-0.3, -0.25) is 4.79 Å². The molecule has 0 heterocycles. The van der Waals surface area contributed by atoms with Crippen molar-refractivity contribution in [2.24, 2.45) is 0 Å². The van der Waals surface area contributed by atoms with Crippen LogP contribution in [0.5, 0.6) is 0 Å². The van der Waals surface area contributed by atoms with Crippen LogP contribution in [-0.2, 0) is 0 Å². The average molecular weight is 314 g/mol. The first-order valence-electron chi connectivity index (χ1n) is 4.83. The molecule has 17 heavy (non-hydrogen) atoms. The summed E-state index contributed by atoms with van der Waals surface area (Å²) >= 11 is 8.84. The number of hydrogen-bond acceptors (Lipinski definition) is 1. The SMILES string of the molecule is O=C(c1cccc(Br)c1)c1ccc(Cl)c(F)c1. The summed E-state index contributed by atoms with van der Waals surface area (Å²) < 4.78 is 14.0. The van der Waals surface area contributed by atoms with Crippen molar-refractivity contribution in [3.8, 4) is 0 Å². The van der Waals surface area contributed by atoms with Crippen LogP contribution in [0, 0.1) is 5.82 Å². The standard InChI is InChI=1S/C13H7BrClFO/c14-10-3-1-2-8(6-10)13(17)9-4-5-11(15)12(16)7-9/h1-7H. The lowest BCUT2D eigenvalue weighted by molar-refractivity contribution is 0.103. The first-order valence-corrected chi connectivity index (χ1v) is 6.00. The molecule has 86 valence electrons. The maximum atomic E-state index is 13.2. The zero-order valence-corrected chi connectivity index (χ0v) is 10.9. The molecule has 0 aliphatic carbocycles. The molecule has 0 N–H and O–H groups in total. The van der Waals surface area contributed by atoms with E-state index in [1.165, 1.54) is 12.1 Å². The third-order valence-electron chi connectivity index (χ3n) is 2.27. The van der Waals surface area contributed by atoms with E-state index >= 15 is 0 Å². The molecule has 0 amide bonds. The van der Waals surface area contributed by atoms with Crippen LogP contribution in [0.3, 0.4) is 0 Å². The van der Waals surface area contributed by atoms with Crippen LogP contribution in [-0.4, -0.2) is 5.78 Å². The van der Waals surface area contributed by atoms with Gasteiger partial charge in [-0.15, -0.1) is 0 Å². The second-order valence-corrected chi connectivity index (χ2v) is 4.79. The number of rotatable bonds is 2. The number of carbonyl (C=O) groups excluding carboxylic acids is 1. The monoisotopic (exact) mass is 312 g/mol. The Kier molecular flexibility index (Phi) is 3.60. The van der Waals surface area contributed by atoms with Gasteiger partial charge in [0.05, 0.1) is 5.02 Å². The van der Waals surface area contributed by atoms with Gasteiger partial charge in [-0.1, -0.05) is 39.7 Å². The Hall–Kier alpha value is -1.19. The first kappa shape index (κ1) is 12.3. The van der Waals surface area contributed by atoms with Crippen LogP contribution >= 0.6 is 27.5 Å². The largest absolute Gasteiger partial charge is 0.289 e. The van der Waals surface area contributed by atoms with Crippen LogP contribution in [0.4, 0.5) is 4.39 Å². The normalized spacial score (nSPS) is 10.3. The summed E-state index contributed by atoms with van der Waals surface area (Å²) in [4.78, 5) is 12.0. The van der Waals surface area contributed by atoms with Gasteiger partial charge in [0, 0.05) is 15.6 Å². The fourth-order valence-electron chi connectivity index (χ4n) is 1.43. The van der Waals surface area contributed by atoms with E-state index in [1.54, 1.807) is 18.2 Å². The lowest BCUT2D eigenvalue weighted by Gasteiger charge is -2.02. The lowest BCUT2D eigenvalue weighted by Crippen LogP contribution is -2.01. The molecule has 0 aliphatic rings. The molecular formula is C13H7BrClFO. The number of hydrogen-bond donors (Lipinski definition) is 0. The summed E-state index contributed by atoms with van der Waals surface area (Å²) in [5.41, 5.74) is 0.783. The van der Waals surface area contributed by atoms with Crippen LogP contribution < -0.4 is 0 Å². The summed E-state index contributed by atoms with van der Waals surface area (Å²) in [5, 5.41) is 0.00999. The highest BCUT2D eigenvalue weighted by atomic mass is 79.9. The van der Waals surface area contributed by atoms with Gasteiger partial charge in [0.15, 0.2) is 5.78 Å². The maximum absolute atomic E-state index is 13.2. The molecule has 0 atom stereocenters. The Balaban J connectivity index is 2.40. The highest BCUT2D eigenvalue weighted by Crippen LogP contribution is 2.19. The maximum Gasteiger partial charge on any atom is 0.193 e. The summed E-state index contributed by atoms with van der Waals surface area (Å²) in [5.74, 6) is -0.825. The Bertz CT molecular complexity index is 583. The van der Waals surface area contributed by atoms with E-state index in [0.29, 0.717) is 5.56 Å². The predicted octanol–water partition coefficient (Wildman–Crippen LogP) is 4.47. The van der Waals surface area contributed by atoms with Crippen molar-refractivity contribution in [1.82, 2.24) is 0 Å². The van der Waals surface area contributed by atoms with E-state index in [2.05, 4.69) is 15.9 Å². The summed E-state index contributed by atoms with van der Waals surface area (Å²) in [6.45, 7) is 0. The lowest BCUT2D eigenvalue weighted by atomic mass is 10.0. The van der Waals surface area contributed by atoms with Crippen LogP contribution in [0.1, 0.15) is 15.9 Å². The van der Waals surface area contributed by atoms with E-state index in [9.17, 15) is 9.18 Å². The number of ketones is 1. The predicted molar refractivity (Wildman–Crippen MR) is 69.0 cm³/mol. The summed E-state index contributed by atoms with van der Waals surface area (Å²) in [6.07, 6.45) is 0. The number of carbonyl (C=O) groups is 1. The van der Waals surface area contributed by atoms with E-state index in [4.69, 9.17) is 11.6 Å². The Morgan fingerprint density at radius 2 is 1.82 bits per heavy atom. The summed E-state index contributed by atoms with van der Waals surface area (Å²) in [6, 6.07) is 11.0. The molecular weight excluding hydrogens is 306 g/mol. The minimum absolute atomic E-state index is 0.00999. The molecule has 0 radical (unpaired) electrons. The van der Waals surface area contributed by atoms with Gasteiger partial charge >= 0.3 is 0 Å². The van der Waals surface area contributed by atoms with Gasteiger partial charge in [-0.25, -0.2) is 4.39 Å². The van der Waals surface area contributed by atoms with Crippen molar-refractivity contribution >= 4 is 33.3 Å². The van der Waals surface area contributed by atoms with Gasteiger partial charge < -0.3 is 0 Å². The third kappa shape index (κ3) is 2.73. The molecule has 0 fully saturated rings. The Morgan fingerprint density at radius 3 is 2.47 bits per heavy atom. The Morgan fingerprint density at radius 1 is 1.12 bits per heavy atom. The highest BCUT2D eigenvalue weighted by Gasteiger charge is 2.11. The Labute approximate surface area is 111 Å². The molecule has 0 unspecified atom stereocenters. The fourth-order valence-corrected chi connectivity index (χ4v) is 1.95. The zero-order valence-electron chi connectivity index (χ0n) is 8.58. The van der Waals surface area contributed by atoms with Crippen LogP contribution in [0.15, 0.2) is 46.9 Å². The highest BCUT2D eigenvalue weighted by molar-refractivity contribution is 9.10. The van der Waals surface area contributed by atoms with Crippen molar-refractivity contribution < 1.29 is 9.18 Å². The van der Waals surface area contributed by atoms with Crippen molar-refractivity contribution in [3.05, 3.63) is 68.9 Å². The van der Waals surface area contributed by atoms with E-state index in [1.807, 2.05) is 6.07 Å². The minimum atomic E-state index is -0.590. The van der Waals surface area contributed by atoms with E-state index in [0.717, 1.165) is 10.5 Å².